The first-order chi connectivity index (χ1) is 11.0. The van der Waals surface area contributed by atoms with Gasteiger partial charge in [0.2, 0.25) is 0 Å². The number of carbonyl (C=O) groups excluding carboxylic acids is 2. The number of carbonyl (C=O) groups is 2. The summed E-state index contributed by atoms with van der Waals surface area (Å²) in [6, 6.07) is -1.20. The summed E-state index contributed by atoms with van der Waals surface area (Å²) in [5.41, 5.74) is 5.58. The Morgan fingerprint density at radius 3 is 1.62 bits per heavy atom. The molecule has 0 saturated heterocycles. The standard InChI is InChI=1S/C13H27N3O8/c1-7(17)15(8(2)18)23-12(21)6-5-11(14)13(22)24-16(9(3)19)10(4)20/h7-11,17-20H,5-6,14H2,1-4H3/t7?,8?,9?,10?,11-/m0/s1. The van der Waals surface area contributed by atoms with E-state index in [-0.39, 0.29) is 12.8 Å². The average molecular weight is 353 g/mol. The van der Waals surface area contributed by atoms with Crippen LogP contribution in [0.25, 0.3) is 0 Å². The van der Waals surface area contributed by atoms with E-state index in [0.717, 1.165) is 0 Å². The maximum Gasteiger partial charge on any atom is 0.341 e. The van der Waals surface area contributed by atoms with Gasteiger partial charge >= 0.3 is 11.9 Å². The molecular formula is C13H27N3O8. The quantitative estimate of drug-likeness (QED) is 0.217. The van der Waals surface area contributed by atoms with Crippen molar-refractivity contribution in [1.82, 2.24) is 10.1 Å². The number of nitrogens with two attached hydrogens (primary N) is 1. The van der Waals surface area contributed by atoms with Gasteiger partial charge in [0.15, 0.2) is 0 Å². The topological polar surface area (TPSA) is 166 Å². The van der Waals surface area contributed by atoms with Gasteiger partial charge in [-0.2, -0.15) is 0 Å². The van der Waals surface area contributed by atoms with Crippen molar-refractivity contribution < 1.29 is 39.7 Å². The first-order valence-electron chi connectivity index (χ1n) is 7.44. The summed E-state index contributed by atoms with van der Waals surface area (Å²) >= 11 is 0. The molecule has 0 aromatic carbocycles. The lowest BCUT2D eigenvalue weighted by Gasteiger charge is -2.27. The molecule has 0 aromatic rings. The zero-order chi connectivity index (χ0) is 19.0. The van der Waals surface area contributed by atoms with Gasteiger partial charge in [0.05, 0.1) is 0 Å². The molecule has 0 bridgehead atoms. The summed E-state index contributed by atoms with van der Waals surface area (Å²) in [5.74, 6) is -1.77. The summed E-state index contributed by atoms with van der Waals surface area (Å²) in [4.78, 5) is 32.9. The van der Waals surface area contributed by atoms with Gasteiger partial charge in [-0.05, 0) is 34.1 Å². The molecule has 24 heavy (non-hydrogen) atoms. The number of aliphatic hydroxyl groups is 4. The first kappa shape index (κ1) is 22.7. The summed E-state index contributed by atoms with van der Waals surface area (Å²) < 4.78 is 0. The number of hydrogen-bond donors (Lipinski definition) is 5. The fourth-order valence-corrected chi connectivity index (χ4v) is 1.66. The van der Waals surface area contributed by atoms with E-state index in [1.54, 1.807) is 0 Å². The van der Waals surface area contributed by atoms with E-state index in [2.05, 4.69) is 0 Å². The van der Waals surface area contributed by atoms with Crippen molar-refractivity contribution in [2.75, 3.05) is 0 Å². The summed E-state index contributed by atoms with van der Waals surface area (Å²) in [5, 5.41) is 38.7. The second-order valence-electron chi connectivity index (χ2n) is 5.27. The second-order valence-corrected chi connectivity index (χ2v) is 5.27. The Morgan fingerprint density at radius 2 is 1.25 bits per heavy atom. The van der Waals surface area contributed by atoms with Crippen LogP contribution < -0.4 is 5.73 Å². The molecule has 11 nitrogen and oxygen atoms in total. The van der Waals surface area contributed by atoms with Crippen molar-refractivity contribution >= 4 is 11.9 Å². The molecule has 0 aliphatic heterocycles. The Morgan fingerprint density at radius 1 is 0.875 bits per heavy atom. The van der Waals surface area contributed by atoms with Gasteiger partial charge in [0.25, 0.3) is 0 Å². The molecule has 6 N–H and O–H groups in total. The number of rotatable bonds is 10. The largest absolute Gasteiger partial charge is 0.375 e. The van der Waals surface area contributed by atoms with E-state index in [1.165, 1.54) is 27.7 Å². The fraction of sp³-hybridized carbons (Fsp3) is 0.846. The lowest BCUT2D eigenvalue weighted by atomic mass is 10.2. The Kier molecular flexibility index (Phi) is 9.92. The smallest absolute Gasteiger partial charge is 0.341 e. The monoisotopic (exact) mass is 353 g/mol. The normalized spacial score (nSPS) is 18.0. The van der Waals surface area contributed by atoms with Gasteiger partial charge in [-0.15, -0.1) is 0 Å². The van der Waals surface area contributed by atoms with E-state index in [4.69, 9.17) is 15.4 Å². The van der Waals surface area contributed by atoms with Crippen LogP contribution in [0.4, 0.5) is 0 Å². The van der Waals surface area contributed by atoms with Crippen LogP contribution in [0, 0.1) is 0 Å². The van der Waals surface area contributed by atoms with Gasteiger partial charge < -0.3 is 35.8 Å². The molecule has 0 aliphatic rings. The van der Waals surface area contributed by atoms with E-state index >= 15 is 0 Å². The van der Waals surface area contributed by atoms with E-state index in [1.807, 2.05) is 0 Å². The Bertz CT molecular complexity index is 387. The van der Waals surface area contributed by atoms with Gasteiger partial charge in [-0.3, -0.25) is 4.79 Å². The minimum absolute atomic E-state index is 0.140. The van der Waals surface area contributed by atoms with E-state index in [9.17, 15) is 30.0 Å². The summed E-state index contributed by atoms with van der Waals surface area (Å²) in [6.45, 7) is 5.15. The molecule has 0 amide bonds. The molecule has 0 spiro atoms. The maximum absolute atomic E-state index is 11.8. The Labute approximate surface area is 140 Å². The van der Waals surface area contributed by atoms with Gasteiger partial charge in [0, 0.05) is 6.42 Å². The van der Waals surface area contributed by atoms with E-state index in [0.29, 0.717) is 10.1 Å². The van der Waals surface area contributed by atoms with Gasteiger partial charge in [-0.25, -0.2) is 4.79 Å². The van der Waals surface area contributed by atoms with Gasteiger partial charge in [0.1, 0.15) is 31.0 Å². The zero-order valence-corrected chi connectivity index (χ0v) is 14.2. The third-order valence-corrected chi connectivity index (χ3v) is 2.84. The van der Waals surface area contributed by atoms with Crippen molar-refractivity contribution in [3.05, 3.63) is 0 Å². The summed E-state index contributed by atoms with van der Waals surface area (Å²) in [6.07, 6.45) is -5.38. The third kappa shape index (κ3) is 7.97. The SMILES string of the molecule is CC(O)N(OC(=O)CC[C@H](N)C(=O)ON(C(C)O)C(C)O)C(C)O. The molecule has 0 fully saturated rings. The number of aliphatic hydroxyl groups excluding tert-OH is 4. The third-order valence-electron chi connectivity index (χ3n) is 2.84. The highest BCUT2D eigenvalue weighted by atomic mass is 16.7. The molecular weight excluding hydrogens is 326 g/mol. The van der Waals surface area contributed by atoms with Crippen LogP contribution in [-0.2, 0) is 19.3 Å². The van der Waals surface area contributed by atoms with Crippen LogP contribution in [0.5, 0.6) is 0 Å². The Hall–Kier alpha value is -1.34. The van der Waals surface area contributed by atoms with Crippen molar-refractivity contribution in [2.24, 2.45) is 5.73 Å². The Balaban J connectivity index is 4.44. The zero-order valence-electron chi connectivity index (χ0n) is 14.2. The molecule has 0 rings (SSSR count). The first-order valence-corrected chi connectivity index (χ1v) is 7.44. The maximum atomic E-state index is 11.8. The summed E-state index contributed by atoms with van der Waals surface area (Å²) in [7, 11) is 0. The predicted octanol–water partition coefficient (Wildman–Crippen LogP) is -2.03. The number of hydrogen-bond acceptors (Lipinski definition) is 11. The number of hydroxylamine groups is 4. The van der Waals surface area contributed by atoms with Crippen LogP contribution in [0.3, 0.4) is 0 Å². The molecule has 0 aromatic heterocycles. The molecule has 142 valence electrons. The highest BCUT2D eigenvalue weighted by Crippen LogP contribution is 2.08. The van der Waals surface area contributed by atoms with Crippen LogP contribution in [0.1, 0.15) is 40.5 Å². The van der Waals surface area contributed by atoms with Crippen molar-refractivity contribution in [3.63, 3.8) is 0 Å². The van der Waals surface area contributed by atoms with Crippen LogP contribution in [-0.4, -0.2) is 73.4 Å². The molecule has 11 heteroatoms. The predicted molar refractivity (Wildman–Crippen MR) is 79.8 cm³/mol. The van der Waals surface area contributed by atoms with Crippen molar-refractivity contribution in [1.29, 1.82) is 0 Å². The van der Waals surface area contributed by atoms with Crippen molar-refractivity contribution in [3.8, 4) is 0 Å². The fourth-order valence-electron chi connectivity index (χ4n) is 1.66. The molecule has 0 aliphatic carbocycles. The molecule has 4 unspecified atom stereocenters. The average Bonchev–Trinajstić information content (AvgIpc) is 2.45. The van der Waals surface area contributed by atoms with Gasteiger partial charge in [-0.1, -0.05) is 10.1 Å². The molecule has 0 radical (unpaired) electrons. The molecule has 0 saturated carbocycles. The lowest BCUT2D eigenvalue weighted by Crippen LogP contribution is -2.46. The van der Waals surface area contributed by atoms with Crippen LogP contribution in [0.2, 0.25) is 0 Å². The number of nitrogens with zero attached hydrogens (tertiary/aromatic N) is 2. The second kappa shape index (κ2) is 10.5. The van der Waals surface area contributed by atoms with Crippen molar-refractivity contribution in [2.45, 2.75) is 71.5 Å². The van der Waals surface area contributed by atoms with E-state index < -0.39 is 42.9 Å². The van der Waals surface area contributed by atoms with Crippen LogP contribution in [0.15, 0.2) is 0 Å². The molecule has 0 heterocycles. The minimum Gasteiger partial charge on any atom is -0.375 e. The highest BCUT2D eigenvalue weighted by Gasteiger charge is 2.27. The molecule has 5 atom stereocenters. The minimum atomic E-state index is -1.25. The van der Waals surface area contributed by atoms with Crippen LogP contribution >= 0.6 is 0 Å². The lowest BCUT2D eigenvalue weighted by molar-refractivity contribution is -0.278. The highest BCUT2D eigenvalue weighted by molar-refractivity contribution is 5.76.